The van der Waals surface area contributed by atoms with Gasteiger partial charge in [-0.15, -0.1) is 0 Å². The predicted molar refractivity (Wildman–Crippen MR) is 61.9 cm³/mol. The molecule has 0 spiro atoms. The number of hydrogen-bond acceptors (Lipinski definition) is 4. The Morgan fingerprint density at radius 3 is 2.24 bits per heavy atom. The van der Waals surface area contributed by atoms with Gasteiger partial charge in [0, 0.05) is 5.92 Å². The fraction of sp³-hybridized carbons (Fsp3) is 0.462. The number of fused-ring (bicyclic) bond motifs is 1. The van der Waals surface area contributed by atoms with Crippen LogP contribution in [0.15, 0.2) is 24.3 Å². The largest absolute Gasteiger partial charge is 0.469 e. The second-order valence-electron chi connectivity index (χ2n) is 4.37. The molecule has 0 aromatic heterocycles. The Morgan fingerprint density at radius 1 is 1.29 bits per heavy atom. The van der Waals surface area contributed by atoms with Gasteiger partial charge in [-0.25, -0.2) is 0 Å². The molecule has 0 saturated heterocycles. The topological polar surface area (TPSA) is 44.8 Å². The monoisotopic (exact) mass is 236 g/mol. The highest BCUT2D eigenvalue weighted by Gasteiger charge is 2.46. The molecule has 1 heterocycles. The van der Waals surface area contributed by atoms with Crippen molar-refractivity contribution >= 4 is 5.97 Å². The number of hydrogen-bond donors (Lipinski definition) is 0. The molecule has 92 valence electrons. The van der Waals surface area contributed by atoms with Crippen molar-refractivity contribution in [2.24, 2.45) is 5.92 Å². The maximum Gasteiger partial charge on any atom is 0.313 e. The van der Waals surface area contributed by atoms with Gasteiger partial charge < -0.3 is 14.2 Å². The SMILES string of the molecule is COC(=O)CC1(C(C)C)Oc2ccccc2O1. The minimum Gasteiger partial charge on any atom is -0.469 e. The van der Waals surface area contributed by atoms with E-state index in [1.54, 1.807) is 0 Å². The lowest BCUT2D eigenvalue weighted by Gasteiger charge is -2.30. The zero-order valence-corrected chi connectivity index (χ0v) is 10.2. The fourth-order valence-electron chi connectivity index (χ4n) is 1.80. The van der Waals surface area contributed by atoms with E-state index in [0.29, 0.717) is 11.5 Å². The summed E-state index contributed by atoms with van der Waals surface area (Å²) in [4.78, 5) is 11.4. The molecule has 0 fully saturated rings. The number of carbonyl (C=O) groups is 1. The van der Waals surface area contributed by atoms with Crippen LogP contribution >= 0.6 is 0 Å². The molecule has 2 rings (SSSR count). The van der Waals surface area contributed by atoms with E-state index < -0.39 is 5.79 Å². The van der Waals surface area contributed by atoms with Crippen LogP contribution in [0, 0.1) is 5.92 Å². The standard InChI is InChI=1S/C13H16O4/c1-9(2)13(8-12(14)15-3)16-10-6-4-5-7-11(10)17-13/h4-7,9H,8H2,1-3H3. The minimum absolute atomic E-state index is 0.0361. The molecule has 0 unspecified atom stereocenters. The maximum atomic E-state index is 11.4. The molecule has 0 saturated carbocycles. The van der Waals surface area contributed by atoms with E-state index in [1.165, 1.54) is 7.11 Å². The maximum absolute atomic E-state index is 11.4. The van der Waals surface area contributed by atoms with E-state index in [2.05, 4.69) is 4.74 Å². The van der Waals surface area contributed by atoms with E-state index in [1.807, 2.05) is 38.1 Å². The average molecular weight is 236 g/mol. The summed E-state index contributed by atoms with van der Waals surface area (Å²) in [5.74, 6) is 0.0901. The van der Waals surface area contributed by atoms with E-state index >= 15 is 0 Å². The molecule has 0 atom stereocenters. The Kier molecular flexibility index (Phi) is 2.96. The van der Waals surface area contributed by atoms with Crippen LogP contribution in [-0.2, 0) is 9.53 Å². The van der Waals surface area contributed by atoms with E-state index in [9.17, 15) is 4.79 Å². The molecule has 1 aromatic rings. The van der Waals surface area contributed by atoms with Crippen LogP contribution in [0.3, 0.4) is 0 Å². The lowest BCUT2D eigenvalue weighted by atomic mass is 9.99. The summed E-state index contributed by atoms with van der Waals surface area (Å²) < 4.78 is 16.3. The molecule has 1 aromatic carbocycles. The van der Waals surface area contributed by atoms with Crippen LogP contribution in [-0.4, -0.2) is 18.9 Å². The Labute approximate surface area is 100 Å². The first kappa shape index (κ1) is 11.8. The first-order chi connectivity index (χ1) is 8.07. The number of para-hydroxylation sites is 2. The molecule has 4 heteroatoms. The van der Waals surface area contributed by atoms with Crippen molar-refractivity contribution < 1.29 is 19.0 Å². The molecular formula is C13H16O4. The van der Waals surface area contributed by atoms with Crippen LogP contribution in [0.4, 0.5) is 0 Å². The summed E-state index contributed by atoms with van der Waals surface area (Å²) in [6.07, 6.45) is 0.0792. The third-order valence-electron chi connectivity index (χ3n) is 2.91. The van der Waals surface area contributed by atoms with Crippen molar-refractivity contribution in [1.29, 1.82) is 0 Å². The number of ether oxygens (including phenoxy) is 3. The van der Waals surface area contributed by atoms with Crippen LogP contribution in [0.1, 0.15) is 20.3 Å². The minimum atomic E-state index is -0.948. The Hall–Kier alpha value is -1.71. The van der Waals surface area contributed by atoms with Crippen molar-refractivity contribution in [1.82, 2.24) is 0 Å². The third kappa shape index (κ3) is 2.07. The number of esters is 1. The van der Waals surface area contributed by atoms with Gasteiger partial charge in [-0.05, 0) is 12.1 Å². The first-order valence-electron chi connectivity index (χ1n) is 5.61. The summed E-state index contributed by atoms with van der Waals surface area (Å²) in [6.45, 7) is 3.91. The smallest absolute Gasteiger partial charge is 0.313 e. The second-order valence-corrected chi connectivity index (χ2v) is 4.37. The van der Waals surface area contributed by atoms with Crippen LogP contribution < -0.4 is 9.47 Å². The average Bonchev–Trinajstić information content (AvgIpc) is 2.68. The van der Waals surface area contributed by atoms with Gasteiger partial charge in [-0.1, -0.05) is 26.0 Å². The van der Waals surface area contributed by atoms with Gasteiger partial charge in [-0.2, -0.15) is 0 Å². The summed E-state index contributed by atoms with van der Waals surface area (Å²) >= 11 is 0. The molecule has 4 nitrogen and oxygen atoms in total. The van der Waals surface area contributed by atoms with Crippen LogP contribution in [0.5, 0.6) is 11.5 Å². The molecule has 0 radical (unpaired) electrons. The molecule has 0 N–H and O–H groups in total. The molecule has 0 aliphatic carbocycles. The zero-order chi connectivity index (χ0) is 12.5. The van der Waals surface area contributed by atoms with Gasteiger partial charge in [-0.3, -0.25) is 4.79 Å². The Bertz CT molecular complexity index is 400. The van der Waals surface area contributed by atoms with Crippen molar-refractivity contribution in [3.63, 3.8) is 0 Å². The Morgan fingerprint density at radius 2 is 1.82 bits per heavy atom. The summed E-state index contributed by atoms with van der Waals surface area (Å²) in [5.41, 5.74) is 0. The summed E-state index contributed by atoms with van der Waals surface area (Å²) in [5, 5.41) is 0. The zero-order valence-electron chi connectivity index (χ0n) is 10.2. The van der Waals surface area contributed by atoms with Gasteiger partial charge in [0.2, 0.25) is 0 Å². The highest BCUT2D eigenvalue weighted by atomic mass is 16.7. The lowest BCUT2D eigenvalue weighted by Crippen LogP contribution is -2.46. The van der Waals surface area contributed by atoms with Crippen molar-refractivity contribution in [2.75, 3.05) is 7.11 Å². The number of benzene rings is 1. The van der Waals surface area contributed by atoms with E-state index in [0.717, 1.165) is 0 Å². The second kappa shape index (κ2) is 4.28. The van der Waals surface area contributed by atoms with Gasteiger partial charge in [0.1, 0.15) is 6.42 Å². The van der Waals surface area contributed by atoms with Gasteiger partial charge >= 0.3 is 5.97 Å². The highest BCUT2D eigenvalue weighted by Crippen LogP contribution is 2.43. The fourth-order valence-corrected chi connectivity index (χ4v) is 1.80. The molecule has 1 aliphatic rings. The van der Waals surface area contributed by atoms with Gasteiger partial charge in [0.25, 0.3) is 5.79 Å². The first-order valence-corrected chi connectivity index (χ1v) is 5.61. The van der Waals surface area contributed by atoms with Crippen molar-refractivity contribution in [2.45, 2.75) is 26.1 Å². The van der Waals surface area contributed by atoms with E-state index in [-0.39, 0.29) is 18.3 Å². The molecule has 17 heavy (non-hydrogen) atoms. The third-order valence-corrected chi connectivity index (χ3v) is 2.91. The van der Waals surface area contributed by atoms with Crippen LogP contribution in [0.2, 0.25) is 0 Å². The summed E-state index contributed by atoms with van der Waals surface area (Å²) in [6, 6.07) is 7.40. The molecule has 0 amide bonds. The van der Waals surface area contributed by atoms with E-state index in [4.69, 9.17) is 9.47 Å². The quantitative estimate of drug-likeness (QED) is 0.756. The van der Waals surface area contributed by atoms with Crippen molar-refractivity contribution in [3.8, 4) is 11.5 Å². The number of rotatable bonds is 3. The predicted octanol–water partition coefficient (Wildman–Crippen LogP) is 2.37. The number of carbonyl (C=O) groups excluding carboxylic acids is 1. The molecular weight excluding hydrogens is 220 g/mol. The van der Waals surface area contributed by atoms with Crippen LogP contribution in [0.25, 0.3) is 0 Å². The van der Waals surface area contributed by atoms with Gasteiger partial charge in [0.15, 0.2) is 11.5 Å². The molecule has 1 aliphatic heterocycles. The van der Waals surface area contributed by atoms with Gasteiger partial charge in [0.05, 0.1) is 7.11 Å². The summed E-state index contributed by atoms with van der Waals surface area (Å²) in [7, 11) is 1.36. The highest BCUT2D eigenvalue weighted by molar-refractivity contribution is 5.70. The Balaban J connectivity index is 2.26. The lowest BCUT2D eigenvalue weighted by molar-refractivity contribution is -0.164. The van der Waals surface area contributed by atoms with Crippen molar-refractivity contribution in [3.05, 3.63) is 24.3 Å². The number of methoxy groups -OCH3 is 1. The normalized spacial score (nSPS) is 16.0. The molecule has 0 bridgehead atoms.